The monoisotopic (exact) mass is 292 g/mol. The van der Waals surface area contributed by atoms with Crippen LogP contribution >= 0.6 is 11.6 Å². The Bertz CT molecular complexity index is 579. The van der Waals surface area contributed by atoms with Gasteiger partial charge >= 0.3 is 6.03 Å². The minimum absolute atomic E-state index is 0.197. The number of nitrogens with zero attached hydrogens (tertiary/aromatic N) is 1. The van der Waals surface area contributed by atoms with Crippen molar-refractivity contribution in [2.75, 3.05) is 4.90 Å². The summed E-state index contributed by atoms with van der Waals surface area (Å²) < 4.78 is 0. The summed E-state index contributed by atoms with van der Waals surface area (Å²) in [6, 6.07) is 3.00. The number of benzene rings is 1. The van der Waals surface area contributed by atoms with Crippen LogP contribution in [0.25, 0.3) is 0 Å². The number of anilines is 1. The molecule has 0 spiro atoms. The first-order valence-corrected chi connectivity index (χ1v) is 7.40. The molecule has 0 radical (unpaired) electrons. The fourth-order valence-corrected chi connectivity index (χ4v) is 3.65. The Morgan fingerprint density at radius 1 is 1.25 bits per heavy atom. The van der Waals surface area contributed by atoms with E-state index >= 15 is 0 Å². The first-order chi connectivity index (χ1) is 9.58. The Balaban J connectivity index is 2.02. The summed E-state index contributed by atoms with van der Waals surface area (Å²) in [5.41, 5.74) is 7.76. The van der Waals surface area contributed by atoms with Gasteiger partial charge in [0.15, 0.2) is 0 Å². The van der Waals surface area contributed by atoms with E-state index in [0.717, 1.165) is 28.9 Å². The Labute approximate surface area is 122 Å². The highest BCUT2D eigenvalue weighted by Crippen LogP contribution is 2.41. The summed E-state index contributed by atoms with van der Waals surface area (Å²) in [7, 11) is 0. The second kappa shape index (κ2) is 5.09. The molecule has 5 heteroatoms. The molecule has 0 saturated heterocycles. The molecular weight excluding hydrogens is 276 g/mol. The molecule has 1 aliphatic carbocycles. The van der Waals surface area contributed by atoms with Gasteiger partial charge in [-0.05, 0) is 42.0 Å². The lowest BCUT2D eigenvalue weighted by atomic mass is 9.83. The van der Waals surface area contributed by atoms with Crippen LogP contribution in [-0.4, -0.2) is 11.9 Å². The zero-order valence-electron chi connectivity index (χ0n) is 11.2. The normalized spacial score (nSPS) is 19.2. The van der Waals surface area contributed by atoms with Crippen molar-refractivity contribution in [2.45, 2.75) is 44.4 Å². The predicted octanol–water partition coefficient (Wildman–Crippen LogP) is 3.36. The average Bonchev–Trinajstić information content (AvgIpc) is 2.73. The number of amides is 3. The van der Waals surface area contributed by atoms with E-state index < -0.39 is 6.03 Å². The molecule has 20 heavy (non-hydrogen) atoms. The zero-order chi connectivity index (χ0) is 14.3. The number of hydrogen-bond acceptors (Lipinski definition) is 2. The van der Waals surface area contributed by atoms with Crippen LogP contribution < -0.4 is 10.6 Å². The first-order valence-electron chi connectivity index (χ1n) is 7.02. The maximum absolute atomic E-state index is 11.9. The molecule has 0 atom stereocenters. The van der Waals surface area contributed by atoms with Crippen molar-refractivity contribution in [3.8, 4) is 0 Å². The number of rotatable bonds is 1. The van der Waals surface area contributed by atoms with Crippen LogP contribution in [0.5, 0.6) is 0 Å². The fraction of sp³-hybridized carbons (Fsp3) is 0.467. The van der Waals surface area contributed by atoms with E-state index in [4.69, 9.17) is 17.3 Å². The summed E-state index contributed by atoms with van der Waals surface area (Å²) in [6.07, 6.45) is 6.10. The molecule has 0 unspecified atom stereocenters. The first kappa shape index (κ1) is 13.4. The summed E-state index contributed by atoms with van der Waals surface area (Å²) in [5, 5.41) is 0.703. The molecule has 1 heterocycles. The summed E-state index contributed by atoms with van der Waals surface area (Å²) >= 11 is 6.37. The number of imide groups is 1. The SMILES string of the molecule is NC(=O)N1C(=O)Cc2cc(Cl)c(C3CCCCC3)cc21. The van der Waals surface area contributed by atoms with Crippen molar-refractivity contribution in [3.63, 3.8) is 0 Å². The van der Waals surface area contributed by atoms with E-state index in [1.165, 1.54) is 19.3 Å². The van der Waals surface area contributed by atoms with E-state index in [-0.39, 0.29) is 12.3 Å². The van der Waals surface area contributed by atoms with Crippen LogP contribution in [-0.2, 0) is 11.2 Å². The molecule has 3 amide bonds. The lowest BCUT2D eigenvalue weighted by molar-refractivity contribution is -0.116. The van der Waals surface area contributed by atoms with Gasteiger partial charge in [-0.2, -0.15) is 0 Å². The summed E-state index contributed by atoms with van der Waals surface area (Å²) in [6.45, 7) is 0. The molecule has 2 N–H and O–H groups in total. The zero-order valence-corrected chi connectivity index (χ0v) is 11.9. The van der Waals surface area contributed by atoms with Crippen molar-refractivity contribution in [1.82, 2.24) is 0 Å². The minimum Gasteiger partial charge on any atom is -0.351 e. The topological polar surface area (TPSA) is 63.4 Å². The van der Waals surface area contributed by atoms with Crippen LogP contribution in [0.2, 0.25) is 5.02 Å². The number of carbonyl (C=O) groups excluding carboxylic acids is 2. The third-order valence-electron chi connectivity index (χ3n) is 4.30. The molecule has 1 aromatic rings. The van der Waals surface area contributed by atoms with E-state index in [9.17, 15) is 9.59 Å². The van der Waals surface area contributed by atoms with E-state index in [0.29, 0.717) is 16.6 Å². The number of primary amides is 1. The van der Waals surface area contributed by atoms with Gasteiger partial charge in [0.25, 0.3) is 0 Å². The summed E-state index contributed by atoms with van der Waals surface area (Å²) in [4.78, 5) is 24.4. The Morgan fingerprint density at radius 3 is 2.60 bits per heavy atom. The van der Waals surface area contributed by atoms with Crippen molar-refractivity contribution in [2.24, 2.45) is 5.73 Å². The van der Waals surface area contributed by atoms with Gasteiger partial charge in [-0.1, -0.05) is 30.9 Å². The third-order valence-corrected chi connectivity index (χ3v) is 4.62. The number of halogens is 1. The van der Waals surface area contributed by atoms with Gasteiger partial charge in [0, 0.05) is 5.02 Å². The lowest BCUT2D eigenvalue weighted by Gasteiger charge is -2.24. The number of nitrogens with two attached hydrogens (primary N) is 1. The van der Waals surface area contributed by atoms with Crippen LogP contribution in [0.4, 0.5) is 10.5 Å². The highest BCUT2D eigenvalue weighted by molar-refractivity contribution is 6.32. The standard InChI is InChI=1S/C15H17ClN2O2/c16-12-6-10-7-14(19)18(15(17)20)13(10)8-11(12)9-4-2-1-3-5-9/h6,8-9H,1-5,7H2,(H2,17,20). The lowest BCUT2D eigenvalue weighted by Crippen LogP contribution is -2.38. The van der Waals surface area contributed by atoms with Crippen LogP contribution in [0.1, 0.15) is 49.1 Å². The van der Waals surface area contributed by atoms with Gasteiger partial charge in [-0.3, -0.25) is 4.79 Å². The van der Waals surface area contributed by atoms with Gasteiger partial charge in [0.2, 0.25) is 5.91 Å². The highest BCUT2D eigenvalue weighted by Gasteiger charge is 2.33. The molecular formula is C15H17ClN2O2. The van der Waals surface area contributed by atoms with Gasteiger partial charge in [-0.15, -0.1) is 0 Å². The Hall–Kier alpha value is -1.55. The summed E-state index contributed by atoms with van der Waals surface area (Å²) in [5.74, 6) is 0.149. The maximum Gasteiger partial charge on any atom is 0.326 e. The van der Waals surface area contributed by atoms with E-state index in [1.54, 1.807) is 0 Å². The molecule has 0 aromatic heterocycles. The third kappa shape index (κ3) is 2.18. The number of fused-ring (bicyclic) bond motifs is 1. The second-order valence-corrected chi connectivity index (χ2v) is 5.99. The van der Waals surface area contributed by atoms with E-state index in [2.05, 4.69) is 0 Å². The van der Waals surface area contributed by atoms with Crippen LogP contribution in [0, 0.1) is 0 Å². The molecule has 0 bridgehead atoms. The smallest absolute Gasteiger partial charge is 0.326 e. The minimum atomic E-state index is -0.717. The second-order valence-electron chi connectivity index (χ2n) is 5.58. The van der Waals surface area contributed by atoms with Gasteiger partial charge in [-0.25, -0.2) is 9.69 Å². The molecule has 4 nitrogen and oxygen atoms in total. The molecule has 106 valence electrons. The van der Waals surface area contributed by atoms with Gasteiger partial charge in [0.1, 0.15) is 0 Å². The van der Waals surface area contributed by atoms with Crippen molar-refractivity contribution in [1.29, 1.82) is 0 Å². The molecule has 1 aromatic carbocycles. The fourth-order valence-electron chi connectivity index (χ4n) is 3.31. The molecule has 1 aliphatic heterocycles. The van der Waals surface area contributed by atoms with Crippen molar-refractivity contribution >= 4 is 29.2 Å². The molecule has 2 aliphatic rings. The van der Waals surface area contributed by atoms with Crippen molar-refractivity contribution < 1.29 is 9.59 Å². The molecule has 3 rings (SSSR count). The van der Waals surface area contributed by atoms with Crippen molar-refractivity contribution in [3.05, 3.63) is 28.3 Å². The average molecular weight is 293 g/mol. The van der Waals surface area contributed by atoms with E-state index in [1.807, 2.05) is 12.1 Å². The number of hydrogen-bond donors (Lipinski definition) is 1. The molecule has 1 fully saturated rings. The Kier molecular flexibility index (Phi) is 3.42. The largest absolute Gasteiger partial charge is 0.351 e. The van der Waals surface area contributed by atoms with Crippen LogP contribution in [0.15, 0.2) is 12.1 Å². The highest BCUT2D eigenvalue weighted by atomic mass is 35.5. The van der Waals surface area contributed by atoms with Crippen LogP contribution in [0.3, 0.4) is 0 Å². The van der Waals surface area contributed by atoms with Gasteiger partial charge in [0.05, 0.1) is 12.1 Å². The van der Waals surface area contributed by atoms with Gasteiger partial charge < -0.3 is 5.73 Å². The number of urea groups is 1. The molecule has 1 saturated carbocycles. The Morgan fingerprint density at radius 2 is 1.95 bits per heavy atom. The maximum atomic E-state index is 11.9. The quantitative estimate of drug-likeness (QED) is 0.862. The predicted molar refractivity (Wildman–Crippen MR) is 78.1 cm³/mol. The number of carbonyl (C=O) groups is 2.